The molecule has 0 fully saturated rings. The molecule has 0 aliphatic rings. The summed E-state index contributed by atoms with van der Waals surface area (Å²) < 4.78 is 6.79. The molecule has 0 spiro atoms. The smallest absolute Gasteiger partial charge is 0.333 e. The molecule has 0 amide bonds. The van der Waals surface area contributed by atoms with Crippen molar-refractivity contribution in [3.05, 3.63) is 39.8 Å². The zero-order chi connectivity index (χ0) is 13.8. The SMILES string of the molecule is CCC(=CCn1cnc2ccsc2c1=O)C(=O)OC. The fraction of sp³-hybridized carbons (Fsp3) is 0.308. The van der Waals surface area contributed by atoms with Gasteiger partial charge in [-0.3, -0.25) is 9.36 Å². The van der Waals surface area contributed by atoms with Crippen molar-refractivity contribution in [2.75, 3.05) is 7.11 Å². The number of methoxy groups -OCH3 is 1. The number of esters is 1. The van der Waals surface area contributed by atoms with Crippen LogP contribution in [0.25, 0.3) is 10.2 Å². The Hall–Kier alpha value is -1.95. The number of fused-ring (bicyclic) bond motifs is 1. The number of ether oxygens (including phenoxy) is 1. The van der Waals surface area contributed by atoms with Crippen LogP contribution >= 0.6 is 11.3 Å². The molecule has 2 heterocycles. The van der Waals surface area contributed by atoms with Crippen LogP contribution in [0.2, 0.25) is 0 Å². The number of hydrogen-bond donors (Lipinski definition) is 0. The van der Waals surface area contributed by atoms with Crippen LogP contribution in [0.5, 0.6) is 0 Å². The van der Waals surface area contributed by atoms with Crippen LogP contribution in [-0.2, 0) is 16.1 Å². The summed E-state index contributed by atoms with van der Waals surface area (Å²) in [7, 11) is 1.34. The summed E-state index contributed by atoms with van der Waals surface area (Å²) in [6, 6.07) is 1.81. The van der Waals surface area contributed by atoms with E-state index in [-0.39, 0.29) is 11.5 Å². The van der Waals surface area contributed by atoms with E-state index in [1.807, 2.05) is 18.4 Å². The Morgan fingerprint density at radius 2 is 2.37 bits per heavy atom. The monoisotopic (exact) mass is 278 g/mol. The number of carbonyl (C=O) groups is 1. The highest BCUT2D eigenvalue weighted by atomic mass is 32.1. The molecule has 0 bridgehead atoms. The second-order valence-electron chi connectivity index (χ2n) is 3.91. The van der Waals surface area contributed by atoms with Crippen molar-refractivity contribution in [3.63, 3.8) is 0 Å². The summed E-state index contributed by atoms with van der Waals surface area (Å²) in [4.78, 5) is 27.7. The Labute approximate surface area is 114 Å². The van der Waals surface area contributed by atoms with Gasteiger partial charge in [0.15, 0.2) is 0 Å². The standard InChI is InChI=1S/C13H14N2O3S/c1-3-9(13(17)18-2)4-6-15-8-14-10-5-7-19-11(10)12(15)16/h4-5,7-8H,3,6H2,1-2H3. The predicted molar refractivity (Wildman–Crippen MR) is 74.3 cm³/mol. The van der Waals surface area contributed by atoms with Gasteiger partial charge in [0, 0.05) is 12.1 Å². The first-order valence-corrected chi connectivity index (χ1v) is 6.75. The fourth-order valence-corrected chi connectivity index (χ4v) is 2.51. The first kappa shape index (κ1) is 13.5. The average molecular weight is 278 g/mol. The quantitative estimate of drug-likeness (QED) is 0.633. The molecule has 6 heteroatoms. The highest BCUT2D eigenvalue weighted by Crippen LogP contribution is 2.13. The summed E-state index contributed by atoms with van der Waals surface area (Å²) in [6.07, 6.45) is 3.77. The van der Waals surface area contributed by atoms with Crippen molar-refractivity contribution >= 4 is 27.5 Å². The van der Waals surface area contributed by atoms with Gasteiger partial charge in [-0.25, -0.2) is 9.78 Å². The van der Waals surface area contributed by atoms with Gasteiger partial charge in [0.1, 0.15) is 4.70 Å². The van der Waals surface area contributed by atoms with Crippen LogP contribution < -0.4 is 5.56 Å². The molecule has 2 aromatic rings. The molecule has 0 aromatic carbocycles. The van der Waals surface area contributed by atoms with E-state index in [4.69, 9.17) is 0 Å². The van der Waals surface area contributed by atoms with E-state index >= 15 is 0 Å². The van der Waals surface area contributed by atoms with Gasteiger partial charge in [-0.1, -0.05) is 13.0 Å². The number of allylic oxidation sites excluding steroid dienone is 1. The second kappa shape index (κ2) is 5.79. The normalized spacial score (nSPS) is 11.8. The maximum atomic E-state index is 12.1. The molecule has 0 atom stereocenters. The third kappa shape index (κ3) is 2.73. The number of nitrogens with zero attached hydrogens (tertiary/aromatic N) is 2. The zero-order valence-electron chi connectivity index (χ0n) is 10.8. The molecule has 0 N–H and O–H groups in total. The van der Waals surface area contributed by atoms with Gasteiger partial charge < -0.3 is 4.74 Å². The molecular formula is C13H14N2O3S. The van der Waals surface area contributed by atoms with Gasteiger partial charge in [-0.2, -0.15) is 0 Å². The maximum Gasteiger partial charge on any atom is 0.333 e. The third-order valence-corrected chi connectivity index (χ3v) is 3.69. The number of rotatable bonds is 4. The zero-order valence-corrected chi connectivity index (χ0v) is 11.6. The highest BCUT2D eigenvalue weighted by Gasteiger charge is 2.08. The Kier molecular flexibility index (Phi) is 4.11. The van der Waals surface area contributed by atoms with Gasteiger partial charge in [0.2, 0.25) is 0 Å². The topological polar surface area (TPSA) is 61.2 Å². The molecule has 0 aliphatic heterocycles. The summed E-state index contributed by atoms with van der Waals surface area (Å²) in [5.41, 5.74) is 1.18. The Bertz CT molecular complexity index is 684. The van der Waals surface area contributed by atoms with Crippen LogP contribution in [0, 0.1) is 0 Å². The highest BCUT2D eigenvalue weighted by molar-refractivity contribution is 7.17. The predicted octanol–water partition coefficient (Wildman–Crippen LogP) is 1.97. The van der Waals surface area contributed by atoms with Crippen molar-refractivity contribution in [1.29, 1.82) is 0 Å². The molecule has 0 saturated heterocycles. The molecule has 0 aliphatic carbocycles. The minimum atomic E-state index is -0.360. The maximum absolute atomic E-state index is 12.1. The molecule has 2 aromatic heterocycles. The van der Waals surface area contributed by atoms with E-state index in [0.717, 1.165) is 0 Å². The van der Waals surface area contributed by atoms with Crippen LogP contribution in [-0.4, -0.2) is 22.6 Å². The number of aromatic nitrogens is 2. The average Bonchev–Trinajstić information content (AvgIpc) is 2.90. The van der Waals surface area contributed by atoms with Crippen molar-refractivity contribution < 1.29 is 9.53 Å². The van der Waals surface area contributed by atoms with Crippen molar-refractivity contribution in [2.45, 2.75) is 19.9 Å². The fourth-order valence-electron chi connectivity index (χ4n) is 1.72. The molecule has 0 radical (unpaired) electrons. The lowest BCUT2D eigenvalue weighted by atomic mass is 10.2. The van der Waals surface area contributed by atoms with Crippen molar-refractivity contribution in [2.24, 2.45) is 0 Å². The van der Waals surface area contributed by atoms with E-state index in [0.29, 0.717) is 28.8 Å². The second-order valence-corrected chi connectivity index (χ2v) is 4.83. The molecule has 2 rings (SSSR count). The Morgan fingerprint density at radius 1 is 1.58 bits per heavy atom. The van der Waals surface area contributed by atoms with Gasteiger partial charge in [-0.05, 0) is 17.9 Å². The van der Waals surface area contributed by atoms with E-state index in [1.165, 1.54) is 29.3 Å². The largest absolute Gasteiger partial charge is 0.466 e. The molecule has 19 heavy (non-hydrogen) atoms. The van der Waals surface area contributed by atoms with Crippen LogP contribution in [0.4, 0.5) is 0 Å². The minimum Gasteiger partial charge on any atom is -0.466 e. The van der Waals surface area contributed by atoms with Gasteiger partial charge >= 0.3 is 5.97 Å². The summed E-state index contributed by atoms with van der Waals surface area (Å²) in [5, 5.41) is 1.84. The lowest BCUT2D eigenvalue weighted by Gasteiger charge is -2.04. The Balaban J connectivity index is 2.31. The third-order valence-electron chi connectivity index (χ3n) is 2.80. The molecule has 0 saturated carbocycles. The summed E-state index contributed by atoms with van der Waals surface area (Å²) in [5.74, 6) is -0.360. The van der Waals surface area contributed by atoms with Gasteiger partial charge in [0.05, 0.1) is 19.0 Å². The molecule has 0 unspecified atom stereocenters. The van der Waals surface area contributed by atoms with Gasteiger partial charge in [0.25, 0.3) is 5.56 Å². The molecule has 100 valence electrons. The van der Waals surface area contributed by atoms with Crippen LogP contribution in [0.15, 0.2) is 34.2 Å². The van der Waals surface area contributed by atoms with Crippen molar-refractivity contribution in [3.8, 4) is 0 Å². The lowest BCUT2D eigenvalue weighted by molar-refractivity contribution is -0.136. The van der Waals surface area contributed by atoms with E-state index < -0.39 is 0 Å². The van der Waals surface area contributed by atoms with Crippen LogP contribution in [0.3, 0.4) is 0 Å². The van der Waals surface area contributed by atoms with Crippen molar-refractivity contribution in [1.82, 2.24) is 9.55 Å². The lowest BCUT2D eigenvalue weighted by Crippen LogP contribution is -2.19. The first-order valence-electron chi connectivity index (χ1n) is 5.87. The van der Waals surface area contributed by atoms with Crippen LogP contribution in [0.1, 0.15) is 13.3 Å². The van der Waals surface area contributed by atoms with E-state index in [2.05, 4.69) is 9.72 Å². The minimum absolute atomic E-state index is 0.0865. The number of thiophene rings is 1. The summed E-state index contributed by atoms with van der Waals surface area (Å²) >= 11 is 1.37. The summed E-state index contributed by atoms with van der Waals surface area (Å²) in [6.45, 7) is 2.18. The molecular weight excluding hydrogens is 264 g/mol. The van der Waals surface area contributed by atoms with E-state index in [1.54, 1.807) is 6.08 Å². The Morgan fingerprint density at radius 3 is 3.05 bits per heavy atom. The van der Waals surface area contributed by atoms with E-state index in [9.17, 15) is 9.59 Å². The molecule has 5 nitrogen and oxygen atoms in total. The number of hydrogen-bond acceptors (Lipinski definition) is 5. The van der Waals surface area contributed by atoms with Gasteiger partial charge in [-0.15, -0.1) is 11.3 Å². The first-order chi connectivity index (χ1) is 9.17. The number of carbonyl (C=O) groups excluding carboxylic acids is 1.